The summed E-state index contributed by atoms with van der Waals surface area (Å²) in [5.41, 5.74) is 2.93. The van der Waals surface area contributed by atoms with Gasteiger partial charge in [0.25, 0.3) is 5.91 Å². The number of fused-ring (bicyclic) bond motifs is 2. The van der Waals surface area contributed by atoms with Gasteiger partial charge in [-0.2, -0.15) is 0 Å². The molecule has 0 bridgehead atoms. The van der Waals surface area contributed by atoms with Gasteiger partial charge in [-0.25, -0.2) is 4.98 Å². The summed E-state index contributed by atoms with van der Waals surface area (Å²) >= 11 is 9.56. The number of nitrogens with zero attached hydrogens (tertiary/aromatic N) is 3. The van der Waals surface area contributed by atoms with E-state index < -0.39 is 0 Å². The molecule has 0 aliphatic carbocycles. The topological polar surface area (TPSA) is 46.1 Å². The molecule has 1 amide bonds. The molecule has 0 atom stereocenters. The highest BCUT2D eigenvalue weighted by Crippen LogP contribution is 2.38. The van der Waals surface area contributed by atoms with Crippen LogP contribution in [0.4, 0.5) is 5.13 Å². The summed E-state index contributed by atoms with van der Waals surface area (Å²) < 4.78 is 2.06. The number of thiophene rings is 1. The predicted octanol–water partition coefficient (Wildman–Crippen LogP) is 6.97. The van der Waals surface area contributed by atoms with Crippen molar-refractivity contribution in [2.24, 2.45) is 0 Å². The summed E-state index contributed by atoms with van der Waals surface area (Å²) in [6, 6.07) is 19.7. The second-order valence-corrected chi connectivity index (χ2v) is 9.55. The maximum atomic E-state index is 13.7. The Balaban J connectivity index is 1.61. The summed E-state index contributed by atoms with van der Waals surface area (Å²) in [6.07, 6.45) is 2.69. The van der Waals surface area contributed by atoms with E-state index >= 15 is 0 Å². The van der Waals surface area contributed by atoms with Crippen LogP contribution in [0.1, 0.15) is 27.9 Å². The molecule has 5 rings (SSSR count). The zero-order valence-corrected chi connectivity index (χ0v) is 19.1. The monoisotopic (exact) mass is 463 g/mol. The van der Waals surface area contributed by atoms with Crippen molar-refractivity contribution >= 4 is 65.6 Å². The third kappa shape index (κ3) is 3.83. The maximum absolute atomic E-state index is 13.7. The number of carbonyl (C=O) groups is 1. The minimum Gasteiger partial charge on any atom is -0.277 e. The molecular weight excluding hydrogens is 446 g/mol. The van der Waals surface area contributed by atoms with Crippen LogP contribution >= 0.6 is 34.3 Å². The molecular formula is C24H18ClN3OS2. The van der Waals surface area contributed by atoms with Gasteiger partial charge in [0.05, 0.1) is 27.5 Å². The summed E-state index contributed by atoms with van der Waals surface area (Å²) in [5.74, 6) is -0.161. The zero-order valence-electron chi connectivity index (χ0n) is 16.7. The van der Waals surface area contributed by atoms with Crippen molar-refractivity contribution in [3.63, 3.8) is 0 Å². The van der Waals surface area contributed by atoms with Crippen molar-refractivity contribution < 1.29 is 4.79 Å². The van der Waals surface area contributed by atoms with Crippen molar-refractivity contribution in [1.29, 1.82) is 0 Å². The first kappa shape index (κ1) is 20.1. The SMILES string of the molecule is CCc1ccc2nc(N(Cc3ccccn3)C(=O)c3sc4ccccc4c3Cl)sc2c1. The number of hydrogen-bond donors (Lipinski definition) is 0. The maximum Gasteiger partial charge on any atom is 0.272 e. The second kappa shape index (κ2) is 8.38. The third-order valence-electron chi connectivity index (χ3n) is 5.10. The Morgan fingerprint density at radius 2 is 1.87 bits per heavy atom. The highest BCUT2D eigenvalue weighted by Gasteiger charge is 2.26. The number of amides is 1. The van der Waals surface area contributed by atoms with Gasteiger partial charge < -0.3 is 0 Å². The quantitative estimate of drug-likeness (QED) is 0.282. The molecule has 0 N–H and O–H groups in total. The first-order valence-corrected chi connectivity index (χ1v) is 11.9. The second-order valence-electron chi connectivity index (χ2n) is 7.11. The lowest BCUT2D eigenvalue weighted by molar-refractivity contribution is 0.0989. The average Bonchev–Trinajstić information content (AvgIpc) is 3.38. The molecule has 0 unspecified atom stereocenters. The molecule has 0 radical (unpaired) electrons. The molecule has 7 heteroatoms. The molecule has 2 aromatic carbocycles. The number of anilines is 1. The van der Waals surface area contributed by atoms with Crippen molar-refractivity contribution in [3.8, 4) is 0 Å². The number of carbonyl (C=O) groups excluding carboxylic acids is 1. The van der Waals surface area contributed by atoms with Crippen molar-refractivity contribution in [2.45, 2.75) is 19.9 Å². The Hall–Kier alpha value is -2.80. The molecule has 0 aliphatic rings. The van der Waals surface area contributed by atoms with Gasteiger partial charge in [0.2, 0.25) is 0 Å². The predicted molar refractivity (Wildman–Crippen MR) is 131 cm³/mol. The van der Waals surface area contributed by atoms with Gasteiger partial charge in [-0.15, -0.1) is 11.3 Å². The Morgan fingerprint density at radius 3 is 2.65 bits per heavy atom. The fraction of sp³-hybridized carbons (Fsp3) is 0.125. The smallest absolute Gasteiger partial charge is 0.272 e. The fourth-order valence-corrected chi connectivity index (χ4v) is 5.93. The molecule has 0 saturated carbocycles. The van der Waals surface area contributed by atoms with E-state index in [2.05, 4.69) is 24.0 Å². The minimum atomic E-state index is -0.161. The largest absolute Gasteiger partial charge is 0.277 e. The van der Waals surface area contributed by atoms with Crippen LogP contribution in [0.25, 0.3) is 20.3 Å². The lowest BCUT2D eigenvalue weighted by atomic mass is 10.2. The summed E-state index contributed by atoms with van der Waals surface area (Å²) in [7, 11) is 0. The van der Waals surface area contributed by atoms with E-state index in [1.165, 1.54) is 28.2 Å². The highest BCUT2D eigenvalue weighted by atomic mass is 35.5. The van der Waals surface area contributed by atoms with Crippen LogP contribution in [0.3, 0.4) is 0 Å². The van der Waals surface area contributed by atoms with Crippen LogP contribution in [-0.2, 0) is 13.0 Å². The van der Waals surface area contributed by atoms with Crippen LogP contribution in [0.5, 0.6) is 0 Å². The molecule has 0 saturated heterocycles. The molecule has 0 fully saturated rings. The molecule has 3 heterocycles. The fourth-order valence-electron chi connectivity index (χ4n) is 3.45. The number of thiazole rings is 1. The standard InChI is InChI=1S/C24H18ClN3OS2/c1-2-15-10-11-18-20(13-15)31-24(27-18)28(14-16-7-5-6-12-26-16)23(29)22-21(25)17-8-3-4-9-19(17)30-22/h3-13H,2,14H2,1H3. The molecule has 0 spiro atoms. The highest BCUT2D eigenvalue weighted by molar-refractivity contribution is 7.23. The first-order valence-electron chi connectivity index (χ1n) is 9.92. The number of rotatable bonds is 5. The number of aromatic nitrogens is 2. The van der Waals surface area contributed by atoms with E-state index in [-0.39, 0.29) is 5.91 Å². The summed E-state index contributed by atoms with van der Waals surface area (Å²) in [5, 5.41) is 2.03. The van der Waals surface area contributed by atoms with Crippen LogP contribution in [0, 0.1) is 0 Å². The lowest BCUT2D eigenvalue weighted by Gasteiger charge is -2.19. The Labute approximate surface area is 192 Å². The van der Waals surface area contributed by atoms with E-state index in [0.717, 1.165) is 32.4 Å². The van der Waals surface area contributed by atoms with Crippen molar-refractivity contribution in [2.75, 3.05) is 4.90 Å². The summed E-state index contributed by atoms with van der Waals surface area (Å²) in [6.45, 7) is 2.45. The molecule has 0 aliphatic heterocycles. The molecule has 5 aromatic rings. The number of benzene rings is 2. The Bertz CT molecular complexity index is 1390. The lowest BCUT2D eigenvalue weighted by Crippen LogP contribution is -2.30. The Kier molecular flexibility index (Phi) is 5.44. The van der Waals surface area contributed by atoms with Gasteiger partial charge in [-0.05, 0) is 42.3 Å². The minimum absolute atomic E-state index is 0.161. The first-order chi connectivity index (χ1) is 15.1. The third-order valence-corrected chi connectivity index (χ3v) is 7.81. The number of hydrogen-bond acceptors (Lipinski definition) is 5. The van der Waals surface area contributed by atoms with Gasteiger partial charge in [0.1, 0.15) is 4.88 Å². The van der Waals surface area contributed by atoms with E-state index in [4.69, 9.17) is 16.6 Å². The van der Waals surface area contributed by atoms with Crippen LogP contribution in [0.2, 0.25) is 5.02 Å². The van der Waals surface area contributed by atoms with E-state index in [9.17, 15) is 4.79 Å². The molecule has 4 nitrogen and oxygen atoms in total. The van der Waals surface area contributed by atoms with Gasteiger partial charge in [-0.1, -0.05) is 60.2 Å². The zero-order chi connectivity index (χ0) is 21.4. The van der Waals surface area contributed by atoms with Gasteiger partial charge in [-0.3, -0.25) is 14.7 Å². The van der Waals surface area contributed by atoms with Crippen LogP contribution in [-0.4, -0.2) is 15.9 Å². The normalized spacial score (nSPS) is 11.3. The van der Waals surface area contributed by atoms with E-state index in [1.54, 1.807) is 11.1 Å². The average molecular weight is 464 g/mol. The molecule has 3 aromatic heterocycles. The molecule has 154 valence electrons. The van der Waals surface area contributed by atoms with Gasteiger partial charge >= 0.3 is 0 Å². The number of halogens is 1. The van der Waals surface area contributed by atoms with E-state index in [0.29, 0.717) is 21.6 Å². The van der Waals surface area contributed by atoms with Crippen molar-refractivity contribution in [3.05, 3.63) is 88.0 Å². The van der Waals surface area contributed by atoms with Gasteiger partial charge in [0, 0.05) is 16.3 Å². The Morgan fingerprint density at radius 1 is 1.03 bits per heavy atom. The van der Waals surface area contributed by atoms with E-state index in [1.807, 2.05) is 48.5 Å². The number of aryl methyl sites for hydroxylation is 1. The summed E-state index contributed by atoms with van der Waals surface area (Å²) in [4.78, 5) is 25.1. The molecule has 31 heavy (non-hydrogen) atoms. The van der Waals surface area contributed by atoms with Crippen molar-refractivity contribution in [1.82, 2.24) is 9.97 Å². The number of pyridine rings is 1. The van der Waals surface area contributed by atoms with Crippen LogP contribution in [0.15, 0.2) is 66.9 Å². The van der Waals surface area contributed by atoms with Crippen LogP contribution < -0.4 is 4.90 Å². The van der Waals surface area contributed by atoms with Gasteiger partial charge in [0.15, 0.2) is 5.13 Å².